The van der Waals surface area contributed by atoms with Gasteiger partial charge in [-0.25, -0.2) is 0 Å². The van der Waals surface area contributed by atoms with Crippen molar-refractivity contribution >= 4 is 11.9 Å². The molecule has 2 aromatic rings. The second-order valence-electron chi connectivity index (χ2n) is 7.41. The SMILES string of the molecule is CN=C(NCc1ccc(C(=O)NC)cc1)NCC1(c2ccccc2)CCCC1. The van der Waals surface area contributed by atoms with E-state index in [1.807, 2.05) is 24.3 Å². The summed E-state index contributed by atoms with van der Waals surface area (Å²) in [5.41, 5.74) is 3.38. The smallest absolute Gasteiger partial charge is 0.251 e. The van der Waals surface area contributed by atoms with Gasteiger partial charge in [0.05, 0.1) is 0 Å². The number of hydrogen-bond acceptors (Lipinski definition) is 2. The van der Waals surface area contributed by atoms with E-state index in [2.05, 4.69) is 51.3 Å². The van der Waals surface area contributed by atoms with Crippen LogP contribution in [0.4, 0.5) is 0 Å². The van der Waals surface area contributed by atoms with Gasteiger partial charge in [-0.15, -0.1) is 0 Å². The van der Waals surface area contributed by atoms with Gasteiger partial charge in [0, 0.05) is 38.2 Å². The van der Waals surface area contributed by atoms with E-state index >= 15 is 0 Å². The number of benzene rings is 2. The normalized spacial score (nSPS) is 15.9. The molecule has 148 valence electrons. The fourth-order valence-corrected chi connectivity index (χ4v) is 3.99. The Bertz CT molecular complexity index is 793. The number of nitrogens with one attached hydrogen (secondary N) is 3. The molecule has 3 N–H and O–H groups in total. The molecule has 2 aromatic carbocycles. The van der Waals surface area contributed by atoms with Gasteiger partial charge in [-0.05, 0) is 36.1 Å². The Morgan fingerprint density at radius 1 is 1.00 bits per heavy atom. The number of amides is 1. The maximum Gasteiger partial charge on any atom is 0.251 e. The molecule has 0 heterocycles. The van der Waals surface area contributed by atoms with E-state index < -0.39 is 0 Å². The zero-order chi connectivity index (χ0) is 19.8. The third kappa shape index (κ3) is 4.71. The summed E-state index contributed by atoms with van der Waals surface area (Å²) >= 11 is 0. The molecular weight excluding hydrogens is 348 g/mol. The molecule has 0 aliphatic heterocycles. The Hall–Kier alpha value is -2.82. The lowest BCUT2D eigenvalue weighted by atomic mass is 9.79. The van der Waals surface area contributed by atoms with Crippen molar-refractivity contribution in [2.24, 2.45) is 4.99 Å². The van der Waals surface area contributed by atoms with E-state index in [0.717, 1.165) is 18.1 Å². The lowest BCUT2D eigenvalue weighted by molar-refractivity contribution is 0.0963. The van der Waals surface area contributed by atoms with Crippen LogP contribution >= 0.6 is 0 Å². The largest absolute Gasteiger partial charge is 0.356 e. The predicted molar refractivity (Wildman–Crippen MR) is 115 cm³/mol. The summed E-state index contributed by atoms with van der Waals surface area (Å²) < 4.78 is 0. The summed E-state index contributed by atoms with van der Waals surface area (Å²) in [6, 6.07) is 18.4. The molecule has 5 heteroatoms. The van der Waals surface area contributed by atoms with E-state index in [0.29, 0.717) is 12.1 Å². The van der Waals surface area contributed by atoms with Crippen LogP contribution in [-0.4, -0.2) is 32.5 Å². The van der Waals surface area contributed by atoms with Crippen LogP contribution < -0.4 is 16.0 Å². The van der Waals surface area contributed by atoms with Crippen LogP contribution in [0.25, 0.3) is 0 Å². The number of hydrogen-bond donors (Lipinski definition) is 3. The summed E-state index contributed by atoms with van der Waals surface area (Å²) in [5, 5.41) is 9.55. The maximum atomic E-state index is 11.6. The molecule has 0 aromatic heterocycles. The van der Waals surface area contributed by atoms with Crippen LogP contribution in [0.15, 0.2) is 59.6 Å². The van der Waals surface area contributed by atoms with Crippen molar-refractivity contribution in [1.29, 1.82) is 0 Å². The Morgan fingerprint density at radius 2 is 1.68 bits per heavy atom. The molecule has 0 spiro atoms. The number of nitrogens with zero attached hydrogens (tertiary/aromatic N) is 1. The first-order chi connectivity index (χ1) is 13.7. The lowest BCUT2D eigenvalue weighted by Gasteiger charge is -2.30. The van der Waals surface area contributed by atoms with E-state index in [1.165, 1.54) is 31.2 Å². The van der Waals surface area contributed by atoms with Crippen LogP contribution in [-0.2, 0) is 12.0 Å². The molecule has 0 saturated heterocycles. The molecule has 1 amide bonds. The van der Waals surface area contributed by atoms with Crippen molar-refractivity contribution in [2.75, 3.05) is 20.6 Å². The van der Waals surface area contributed by atoms with Gasteiger partial charge in [0.2, 0.25) is 0 Å². The molecule has 3 rings (SSSR count). The predicted octanol–water partition coefficient (Wildman–Crippen LogP) is 3.22. The van der Waals surface area contributed by atoms with Crippen LogP contribution in [0, 0.1) is 0 Å². The fraction of sp³-hybridized carbons (Fsp3) is 0.391. The molecule has 1 aliphatic rings. The van der Waals surface area contributed by atoms with Crippen molar-refractivity contribution in [3.05, 3.63) is 71.3 Å². The second-order valence-corrected chi connectivity index (χ2v) is 7.41. The van der Waals surface area contributed by atoms with Gasteiger partial charge < -0.3 is 16.0 Å². The molecule has 1 aliphatic carbocycles. The third-order valence-corrected chi connectivity index (χ3v) is 5.67. The summed E-state index contributed by atoms with van der Waals surface area (Å²) in [4.78, 5) is 16.0. The minimum absolute atomic E-state index is 0.0697. The molecule has 1 saturated carbocycles. The van der Waals surface area contributed by atoms with E-state index in [-0.39, 0.29) is 11.3 Å². The fourth-order valence-electron chi connectivity index (χ4n) is 3.99. The third-order valence-electron chi connectivity index (χ3n) is 5.67. The Morgan fingerprint density at radius 3 is 2.29 bits per heavy atom. The molecule has 1 fully saturated rings. The van der Waals surface area contributed by atoms with Gasteiger partial charge in [-0.2, -0.15) is 0 Å². The van der Waals surface area contributed by atoms with Gasteiger partial charge in [0.15, 0.2) is 5.96 Å². The van der Waals surface area contributed by atoms with Crippen molar-refractivity contribution in [2.45, 2.75) is 37.6 Å². The summed E-state index contributed by atoms with van der Waals surface area (Å²) in [7, 11) is 3.44. The van der Waals surface area contributed by atoms with Gasteiger partial charge in [0.1, 0.15) is 0 Å². The summed E-state index contributed by atoms with van der Waals surface area (Å²) in [6.45, 7) is 1.54. The van der Waals surface area contributed by atoms with E-state index in [4.69, 9.17) is 0 Å². The first-order valence-corrected chi connectivity index (χ1v) is 9.98. The Kier molecular flexibility index (Phi) is 6.69. The highest BCUT2D eigenvalue weighted by atomic mass is 16.1. The van der Waals surface area contributed by atoms with Crippen molar-refractivity contribution in [3.63, 3.8) is 0 Å². The van der Waals surface area contributed by atoms with Crippen LogP contribution in [0.2, 0.25) is 0 Å². The number of aliphatic imine (C=N–C) groups is 1. The summed E-state index contributed by atoms with van der Waals surface area (Å²) in [6.07, 6.45) is 4.98. The second kappa shape index (κ2) is 9.40. The Labute approximate surface area is 167 Å². The number of rotatable bonds is 6. The average Bonchev–Trinajstić information content (AvgIpc) is 3.24. The molecule has 0 radical (unpaired) electrons. The highest BCUT2D eigenvalue weighted by Crippen LogP contribution is 2.40. The minimum Gasteiger partial charge on any atom is -0.356 e. The highest BCUT2D eigenvalue weighted by Gasteiger charge is 2.35. The maximum absolute atomic E-state index is 11.6. The van der Waals surface area contributed by atoms with Gasteiger partial charge >= 0.3 is 0 Å². The molecule has 0 bridgehead atoms. The lowest BCUT2D eigenvalue weighted by Crippen LogP contribution is -2.44. The highest BCUT2D eigenvalue weighted by molar-refractivity contribution is 5.93. The van der Waals surface area contributed by atoms with Crippen molar-refractivity contribution in [3.8, 4) is 0 Å². The zero-order valence-corrected chi connectivity index (χ0v) is 16.8. The number of carbonyl (C=O) groups is 1. The van der Waals surface area contributed by atoms with Crippen molar-refractivity contribution in [1.82, 2.24) is 16.0 Å². The zero-order valence-electron chi connectivity index (χ0n) is 16.8. The Balaban J connectivity index is 1.58. The quantitative estimate of drug-likeness (QED) is 0.534. The standard InChI is InChI=1S/C23H30N4O/c1-24-21(28)19-12-10-18(11-13-19)16-26-22(25-2)27-17-23(14-6-7-15-23)20-8-4-3-5-9-20/h3-5,8-13H,6-7,14-17H2,1-2H3,(H,24,28)(H2,25,26,27). The molecule has 0 atom stereocenters. The van der Waals surface area contributed by atoms with E-state index in [1.54, 1.807) is 14.1 Å². The molecule has 0 unspecified atom stereocenters. The van der Waals surface area contributed by atoms with Crippen molar-refractivity contribution < 1.29 is 4.79 Å². The molecular formula is C23H30N4O. The van der Waals surface area contributed by atoms with Crippen LogP contribution in [0.1, 0.15) is 47.2 Å². The molecule has 5 nitrogen and oxygen atoms in total. The first kappa shape index (κ1) is 19.9. The molecule has 28 heavy (non-hydrogen) atoms. The average molecular weight is 379 g/mol. The van der Waals surface area contributed by atoms with Gasteiger partial charge in [-0.3, -0.25) is 9.79 Å². The minimum atomic E-state index is -0.0697. The monoisotopic (exact) mass is 378 g/mol. The number of carbonyl (C=O) groups excluding carboxylic acids is 1. The van der Waals surface area contributed by atoms with Gasteiger partial charge in [0.25, 0.3) is 5.91 Å². The topological polar surface area (TPSA) is 65.5 Å². The first-order valence-electron chi connectivity index (χ1n) is 9.98. The summed E-state index contributed by atoms with van der Waals surface area (Å²) in [5.74, 6) is 0.734. The van der Waals surface area contributed by atoms with Gasteiger partial charge in [-0.1, -0.05) is 55.3 Å². The van der Waals surface area contributed by atoms with Crippen LogP contribution in [0.5, 0.6) is 0 Å². The number of guanidine groups is 1. The van der Waals surface area contributed by atoms with Crippen LogP contribution in [0.3, 0.4) is 0 Å². The van der Waals surface area contributed by atoms with E-state index in [9.17, 15) is 4.79 Å².